The van der Waals surface area contributed by atoms with Crippen molar-refractivity contribution in [2.24, 2.45) is 0 Å². The maximum absolute atomic E-state index is 10.9. The number of amides is 2. The number of carbonyl (C=O) groups is 2. The van der Waals surface area contributed by atoms with E-state index in [4.69, 9.17) is 11.8 Å². The van der Waals surface area contributed by atoms with Crippen molar-refractivity contribution in [3.8, 4) is 0 Å². The molecular formula is C9H10ClN3O2. The van der Waals surface area contributed by atoms with Crippen LogP contribution in [-0.4, -0.2) is 12.3 Å². The lowest BCUT2D eigenvalue weighted by atomic mass is 10.3. The maximum atomic E-state index is 10.9. The molecule has 0 spiro atoms. The van der Waals surface area contributed by atoms with E-state index in [-0.39, 0.29) is 5.91 Å². The molecule has 0 fully saturated rings. The molecule has 80 valence electrons. The van der Waals surface area contributed by atoms with Crippen molar-refractivity contribution < 1.29 is 9.59 Å². The lowest BCUT2D eigenvalue weighted by molar-refractivity contribution is -0.115. The van der Waals surface area contributed by atoms with Crippen LogP contribution < -0.4 is 15.3 Å². The van der Waals surface area contributed by atoms with Gasteiger partial charge in [-0.2, -0.15) is 0 Å². The Kier molecular flexibility index (Phi) is 3.93. The van der Waals surface area contributed by atoms with Crippen LogP contribution in [0.25, 0.3) is 0 Å². The summed E-state index contributed by atoms with van der Waals surface area (Å²) in [6, 6.07) is 6.68. The second kappa shape index (κ2) is 5.21. The van der Waals surface area contributed by atoms with Crippen molar-refractivity contribution in [1.82, 2.24) is 5.43 Å². The summed E-state index contributed by atoms with van der Waals surface area (Å²) in [6.45, 7) is 1.37. The van der Waals surface area contributed by atoms with Crippen LogP contribution in [-0.2, 0) is 9.59 Å². The normalized spacial score (nSPS) is 9.20. The number of anilines is 2. The predicted octanol–water partition coefficient (Wildman–Crippen LogP) is 1.27. The molecule has 1 aromatic rings. The Bertz CT molecular complexity index is 353. The zero-order chi connectivity index (χ0) is 11.3. The monoisotopic (exact) mass is 227 g/mol. The summed E-state index contributed by atoms with van der Waals surface area (Å²) in [6.07, 6.45) is 0.525. The van der Waals surface area contributed by atoms with Crippen LogP contribution in [0.15, 0.2) is 24.3 Å². The molecule has 15 heavy (non-hydrogen) atoms. The van der Waals surface area contributed by atoms with Crippen molar-refractivity contribution >= 4 is 35.5 Å². The van der Waals surface area contributed by atoms with Gasteiger partial charge in [-0.3, -0.25) is 20.4 Å². The van der Waals surface area contributed by atoms with Gasteiger partial charge in [0, 0.05) is 18.7 Å². The molecule has 5 nitrogen and oxygen atoms in total. The molecule has 0 saturated heterocycles. The number of hydrazine groups is 1. The largest absolute Gasteiger partial charge is 0.299 e. The first kappa shape index (κ1) is 11.3. The smallest absolute Gasteiger partial charge is 0.238 e. The Labute approximate surface area is 92.1 Å². The molecule has 2 amide bonds. The van der Waals surface area contributed by atoms with Gasteiger partial charge in [0.25, 0.3) is 0 Å². The molecule has 0 aliphatic carbocycles. The van der Waals surface area contributed by atoms with Gasteiger partial charge in [0.15, 0.2) is 0 Å². The third-order valence-corrected chi connectivity index (χ3v) is 2.08. The van der Waals surface area contributed by atoms with Gasteiger partial charge in [-0.25, -0.2) is 4.42 Å². The van der Waals surface area contributed by atoms with E-state index >= 15 is 0 Å². The van der Waals surface area contributed by atoms with Crippen molar-refractivity contribution in [1.29, 1.82) is 0 Å². The number of benzene rings is 1. The van der Waals surface area contributed by atoms with Crippen molar-refractivity contribution in [3.63, 3.8) is 0 Å². The van der Waals surface area contributed by atoms with E-state index in [0.717, 1.165) is 4.42 Å². The number of nitrogens with zero attached hydrogens (tertiary/aromatic N) is 1. The summed E-state index contributed by atoms with van der Waals surface area (Å²) in [5.41, 5.74) is 6.18. The van der Waals surface area contributed by atoms with Crippen LogP contribution in [0, 0.1) is 0 Å². The Hall–Kier alpha value is -1.75. The first-order valence-corrected chi connectivity index (χ1v) is 4.50. The van der Waals surface area contributed by atoms with E-state index in [2.05, 4.69) is 10.9 Å². The van der Waals surface area contributed by atoms with Crippen LogP contribution in [0.2, 0.25) is 0 Å². The second-order valence-electron chi connectivity index (χ2n) is 2.73. The van der Waals surface area contributed by atoms with E-state index < -0.39 is 0 Å². The average molecular weight is 228 g/mol. The Morgan fingerprint density at radius 1 is 1.40 bits per heavy atom. The van der Waals surface area contributed by atoms with E-state index in [1.165, 1.54) is 6.92 Å². The predicted molar refractivity (Wildman–Crippen MR) is 58.3 cm³/mol. The molecule has 0 atom stereocenters. The van der Waals surface area contributed by atoms with Gasteiger partial charge in [0.05, 0.1) is 11.4 Å². The summed E-state index contributed by atoms with van der Waals surface area (Å²) in [5.74, 6) is -0.261. The highest BCUT2D eigenvalue weighted by molar-refractivity contribution is 6.36. The highest BCUT2D eigenvalue weighted by atomic mass is 35.5. The first-order chi connectivity index (χ1) is 7.15. The van der Waals surface area contributed by atoms with Gasteiger partial charge < -0.3 is 0 Å². The lowest BCUT2D eigenvalue weighted by Crippen LogP contribution is -2.19. The maximum Gasteiger partial charge on any atom is 0.238 e. The van der Waals surface area contributed by atoms with Gasteiger partial charge in [0.1, 0.15) is 0 Å². The van der Waals surface area contributed by atoms with Crippen LogP contribution in [0.3, 0.4) is 0 Å². The number of carbonyl (C=O) groups excluding carboxylic acids is 2. The van der Waals surface area contributed by atoms with Crippen molar-refractivity contribution in [2.75, 3.05) is 9.84 Å². The highest BCUT2D eigenvalue weighted by Crippen LogP contribution is 2.19. The fraction of sp³-hybridized carbons (Fsp3) is 0.111. The quantitative estimate of drug-likeness (QED) is 0.463. The molecule has 6 heteroatoms. The van der Waals surface area contributed by atoms with Crippen LogP contribution in [0.4, 0.5) is 11.4 Å². The topological polar surface area (TPSA) is 61.4 Å². The Morgan fingerprint density at radius 2 is 2.00 bits per heavy atom. The molecule has 0 saturated carbocycles. The molecule has 0 bridgehead atoms. The average Bonchev–Trinajstić information content (AvgIpc) is 2.26. The van der Waals surface area contributed by atoms with Gasteiger partial charge in [-0.15, -0.1) is 0 Å². The molecular weight excluding hydrogens is 218 g/mol. The third-order valence-electron chi connectivity index (χ3n) is 1.65. The third kappa shape index (κ3) is 3.14. The fourth-order valence-electron chi connectivity index (χ4n) is 0.970. The van der Waals surface area contributed by atoms with Crippen molar-refractivity contribution in [3.05, 3.63) is 24.3 Å². The zero-order valence-corrected chi connectivity index (χ0v) is 8.78. The van der Waals surface area contributed by atoms with Gasteiger partial charge in [-0.05, 0) is 24.3 Å². The van der Waals surface area contributed by atoms with Gasteiger partial charge in [-0.1, -0.05) is 0 Å². The van der Waals surface area contributed by atoms with E-state index in [0.29, 0.717) is 17.8 Å². The summed E-state index contributed by atoms with van der Waals surface area (Å²) in [4.78, 5) is 20.9. The van der Waals surface area contributed by atoms with Crippen LogP contribution >= 0.6 is 11.8 Å². The van der Waals surface area contributed by atoms with E-state index in [1.54, 1.807) is 24.3 Å². The summed E-state index contributed by atoms with van der Waals surface area (Å²) >= 11 is 5.69. The van der Waals surface area contributed by atoms with E-state index in [9.17, 15) is 9.59 Å². The summed E-state index contributed by atoms with van der Waals surface area (Å²) in [5, 5.41) is 0. The van der Waals surface area contributed by atoms with Crippen LogP contribution in [0.5, 0.6) is 0 Å². The standard InChI is InChI=1S/C9H10ClN3O2/c1-7(15)13(10)9-4-2-8(3-5-9)12-11-6-14/h2-6,12H,1H3,(H,11,14). The molecule has 0 aliphatic heterocycles. The molecule has 0 heterocycles. The molecule has 0 unspecified atom stereocenters. The van der Waals surface area contributed by atoms with E-state index in [1.807, 2.05) is 0 Å². The molecule has 0 radical (unpaired) electrons. The minimum atomic E-state index is -0.261. The molecule has 2 N–H and O–H groups in total. The van der Waals surface area contributed by atoms with Gasteiger partial charge >= 0.3 is 0 Å². The fourth-order valence-corrected chi connectivity index (χ4v) is 1.08. The second-order valence-corrected chi connectivity index (χ2v) is 3.07. The number of rotatable bonds is 4. The molecule has 0 aromatic heterocycles. The number of hydrogen-bond acceptors (Lipinski definition) is 3. The van der Waals surface area contributed by atoms with Crippen LogP contribution in [0.1, 0.15) is 6.92 Å². The zero-order valence-electron chi connectivity index (χ0n) is 8.03. The molecule has 0 aliphatic rings. The molecule has 1 aromatic carbocycles. The van der Waals surface area contributed by atoms with Crippen molar-refractivity contribution in [2.45, 2.75) is 6.92 Å². The summed E-state index contributed by atoms with van der Waals surface area (Å²) < 4.78 is 1.01. The Morgan fingerprint density at radius 3 is 2.47 bits per heavy atom. The minimum Gasteiger partial charge on any atom is -0.299 e. The van der Waals surface area contributed by atoms with Gasteiger partial charge in [0.2, 0.25) is 12.3 Å². The number of halogens is 1. The number of hydrogen-bond donors (Lipinski definition) is 2. The molecule has 1 rings (SSSR count). The highest BCUT2D eigenvalue weighted by Gasteiger charge is 2.07. The SMILES string of the molecule is CC(=O)N(Cl)c1ccc(NNC=O)cc1. The summed E-state index contributed by atoms with van der Waals surface area (Å²) in [7, 11) is 0. The first-order valence-electron chi connectivity index (χ1n) is 4.17. The minimum absolute atomic E-state index is 0.261. The lowest BCUT2D eigenvalue weighted by Gasteiger charge is -2.11. The number of nitrogens with one attached hydrogen (secondary N) is 2. The Balaban J connectivity index is 2.71.